The van der Waals surface area contributed by atoms with E-state index in [1.54, 1.807) is 18.4 Å². The first-order chi connectivity index (χ1) is 8.88. The lowest BCUT2D eigenvalue weighted by Crippen LogP contribution is -2.11. The molecule has 0 N–H and O–H groups in total. The molecule has 0 saturated heterocycles. The van der Waals surface area contributed by atoms with Gasteiger partial charge in [0.1, 0.15) is 0 Å². The molecule has 0 amide bonds. The van der Waals surface area contributed by atoms with Gasteiger partial charge in [-0.1, -0.05) is 11.6 Å². The van der Waals surface area contributed by atoms with Gasteiger partial charge in [0, 0.05) is 6.20 Å². The lowest BCUT2D eigenvalue weighted by Gasteiger charge is -2.09. The first-order valence-electron chi connectivity index (χ1n) is 5.38. The molecule has 0 atom stereocenters. The minimum Gasteiger partial charge on any atom is -0.302 e. The van der Waals surface area contributed by atoms with Crippen molar-refractivity contribution < 1.29 is 13.2 Å². The van der Waals surface area contributed by atoms with Crippen molar-refractivity contribution in [2.24, 2.45) is 0 Å². The second-order valence-corrected chi connectivity index (χ2v) is 4.52. The Morgan fingerprint density at radius 1 is 1.26 bits per heavy atom. The fraction of sp³-hybridized carbons (Fsp3) is 0.0909. The summed E-state index contributed by atoms with van der Waals surface area (Å²) in [7, 11) is 1.80. The van der Waals surface area contributed by atoms with Gasteiger partial charge in [0.05, 0.1) is 16.6 Å². The Kier molecular flexibility index (Phi) is 2.50. The number of imidazole rings is 1. The van der Waals surface area contributed by atoms with E-state index in [1.165, 1.54) is 6.07 Å². The van der Waals surface area contributed by atoms with E-state index in [2.05, 4.69) is 9.97 Å². The number of hydrogen-bond donors (Lipinski definition) is 0. The largest absolute Gasteiger partial charge is 0.416 e. The minimum atomic E-state index is -4.40. The van der Waals surface area contributed by atoms with Crippen molar-refractivity contribution in [3.8, 4) is 0 Å². The number of fused-ring (bicyclic) bond motifs is 3. The Hall–Kier alpha value is -1.76. The van der Waals surface area contributed by atoms with Crippen molar-refractivity contribution >= 4 is 41.7 Å². The molecule has 2 aromatic heterocycles. The van der Waals surface area contributed by atoms with Gasteiger partial charge in [-0.3, -0.25) is 0 Å². The van der Waals surface area contributed by atoms with E-state index in [9.17, 15) is 13.2 Å². The lowest BCUT2D eigenvalue weighted by molar-refractivity contribution is -0.137. The molecule has 0 aliphatic heterocycles. The summed E-state index contributed by atoms with van der Waals surface area (Å²) in [5.41, 5.74) is 1.20. The van der Waals surface area contributed by atoms with Crippen LogP contribution in [0.2, 0.25) is 5.15 Å². The van der Waals surface area contributed by atoms with Crippen molar-refractivity contribution in [2.45, 2.75) is 6.18 Å². The van der Waals surface area contributed by atoms with E-state index in [4.69, 9.17) is 11.6 Å². The summed E-state index contributed by atoms with van der Waals surface area (Å²) < 4.78 is 39.7. The molecule has 96 valence electrons. The van der Waals surface area contributed by atoms with Crippen LogP contribution < -0.4 is 5.59 Å². The molecule has 8 heteroatoms. The van der Waals surface area contributed by atoms with Crippen LogP contribution in [-0.4, -0.2) is 22.2 Å². The van der Waals surface area contributed by atoms with Crippen molar-refractivity contribution in [1.29, 1.82) is 0 Å². The summed E-state index contributed by atoms with van der Waals surface area (Å²) in [4.78, 5) is 8.06. The molecule has 0 saturated carbocycles. The second kappa shape index (κ2) is 3.87. The summed E-state index contributed by atoms with van der Waals surface area (Å²) in [5, 5.41) is 0.0833. The molecule has 0 unspecified atom stereocenters. The van der Waals surface area contributed by atoms with E-state index < -0.39 is 11.7 Å². The van der Waals surface area contributed by atoms with E-state index >= 15 is 0 Å². The third-order valence-electron chi connectivity index (χ3n) is 2.88. The highest BCUT2D eigenvalue weighted by Gasteiger charge is 2.30. The highest BCUT2D eigenvalue weighted by Crippen LogP contribution is 2.31. The molecular formula is C11H6BClF3N3. The molecule has 2 heterocycles. The number of hydrogen-bond acceptors (Lipinski definition) is 2. The van der Waals surface area contributed by atoms with E-state index in [-0.39, 0.29) is 10.7 Å². The Morgan fingerprint density at radius 3 is 2.68 bits per heavy atom. The average Bonchev–Trinajstić information content (AvgIpc) is 2.71. The monoisotopic (exact) mass is 283 g/mol. The van der Waals surface area contributed by atoms with Crippen LogP contribution in [0.5, 0.6) is 0 Å². The molecule has 0 spiro atoms. The van der Waals surface area contributed by atoms with Crippen LogP contribution in [0.15, 0.2) is 24.4 Å². The van der Waals surface area contributed by atoms with Crippen molar-refractivity contribution in [2.75, 3.05) is 0 Å². The Morgan fingerprint density at radius 2 is 2.00 bits per heavy atom. The summed E-state index contributed by atoms with van der Waals surface area (Å²) in [6.07, 6.45) is -2.80. The van der Waals surface area contributed by atoms with E-state index in [0.717, 1.165) is 17.7 Å². The highest BCUT2D eigenvalue weighted by atomic mass is 35.5. The molecule has 3 rings (SSSR count). The Bertz CT molecular complexity index is 797. The SMILES string of the molecule is Bc1cnc2c(Cl)nc3cc(C(F)(F)F)ccc3n12. The summed E-state index contributed by atoms with van der Waals surface area (Å²) in [6.45, 7) is 0. The van der Waals surface area contributed by atoms with Gasteiger partial charge >= 0.3 is 6.18 Å². The van der Waals surface area contributed by atoms with Gasteiger partial charge in [0.15, 0.2) is 18.6 Å². The number of aromatic nitrogens is 3. The predicted octanol–water partition coefficient (Wildman–Crippen LogP) is 1.81. The van der Waals surface area contributed by atoms with E-state index in [0.29, 0.717) is 11.2 Å². The maximum Gasteiger partial charge on any atom is 0.416 e. The molecule has 3 aromatic rings. The van der Waals surface area contributed by atoms with Crippen LogP contribution in [-0.2, 0) is 6.18 Å². The molecule has 1 aromatic carbocycles. The normalized spacial score (nSPS) is 12.4. The Labute approximate surface area is 111 Å². The van der Waals surface area contributed by atoms with Crippen molar-refractivity contribution in [1.82, 2.24) is 14.4 Å². The lowest BCUT2D eigenvalue weighted by atomic mass is 10.1. The zero-order valence-electron chi connectivity index (χ0n) is 9.66. The van der Waals surface area contributed by atoms with Crippen LogP contribution in [0, 0.1) is 0 Å². The third kappa shape index (κ3) is 1.85. The molecule has 3 nitrogen and oxygen atoms in total. The number of alkyl halides is 3. The van der Waals surface area contributed by atoms with Crippen molar-refractivity contribution in [3.05, 3.63) is 35.1 Å². The predicted molar refractivity (Wildman–Crippen MR) is 68.7 cm³/mol. The van der Waals surface area contributed by atoms with Gasteiger partial charge in [-0.15, -0.1) is 0 Å². The van der Waals surface area contributed by atoms with Crippen LogP contribution in [0.25, 0.3) is 16.7 Å². The summed E-state index contributed by atoms with van der Waals surface area (Å²) in [6, 6.07) is 3.39. The molecule has 0 radical (unpaired) electrons. The number of benzene rings is 1. The van der Waals surface area contributed by atoms with Crippen LogP contribution in [0.3, 0.4) is 0 Å². The van der Waals surface area contributed by atoms with Gasteiger partial charge in [0.2, 0.25) is 0 Å². The van der Waals surface area contributed by atoms with Crippen LogP contribution in [0.1, 0.15) is 5.56 Å². The van der Waals surface area contributed by atoms with Crippen LogP contribution in [0.4, 0.5) is 13.2 Å². The van der Waals surface area contributed by atoms with Gasteiger partial charge in [-0.2, -0.15) is 13.2 Å². The third-order valence-corrected chi connectivity index (χ3v) is 3.14. The summed E-state index contributed by atoms with van der Waals surface area (Å²) in [5.74, 6) is 0. The zero-order valence-corrected chi connectivity index (χ0v) is 10.4. The maximum atomic E-state index is 12.7. The smallest absolute Gasteiger partial charge is 0.302 e. The quantitative estimate of drug-likeness (QED) is 0.589. The molecule has 0 fully saturated rings. The standard InChI is InChI=1S/C11H6BClF3N3/c12-8-4-17-10-9(13)18-6-3-5(11(14,15)16)1-2-7(6)19(8)10/h1-4H,12H2. The molecule has 0 bridgehead atoms. The first kappa shape index (κ1) is 12.3. The molecule has 0 aliphatic carbocycles. The van der Waals surface area contributed by atoms with E-state index in [1.807, 2.05) is 0 Å². The molecule has 19 heavy (non-hydrogen) atoms. The van der Waals surface area contributed by atoms with Gasteiger partial charge in [-0.05, 0) is 23.8 Å². The first-order valence-corrected chi connectivity index (χ1v) is 5.76. The fourth-order valence-electron chi connectivity index (χ4n) is 2.02. The number of halogens is 4. The van der Waals surface area contributed by atoms with Gasteiger partial charge < -0.3 is 4.40 Å². The second-order valence-electron chi connectivity index (χ2n) is 4.16. The van der Waals surface area contributed by atoms with Gasteiger partial charge in [-0.25, -0.2) is 9.97 Å². The zero-order chi connectivity index (χ0) is 13.8. The Balaban J connectivity index is 2.43. The highest BCUT2D eigenvalue weighted by molar-refractivity contribution is 6.34. The topological polar surface area (TPSA) is 30.2 Å². The summed E-state index contributed by atoms with van der Waals surface area (Å²) >= 11 is 5.94. The molecular weight excluding hydrogens is 277 g/mol. The van der Waals surface area contributed by atoms with Gasteiger partial charge in [0.25, 0.3) is 0 Å². The van der Waals surface area contributed by atoms with Crippen LogP contribution >= 0.6 is 11.6 Å². The number of nitrogens with zero attached hydrogens (tertiary/aromatic N) is 3. The van der Waals surface area contributed by atoms with Crippen molar-refractivity contribution in [3.63, 3.8) is 0 Å². The molecule has 0 aliphatic rings. The fourth-order valence-corrected chi connectivity index (χ4v) is 2.25. The average molecular weight is 283 g/mol. The maximum absolute atomic E-state index is 12.7. The minimum absolute atomic E-state index is 0.0833. The number of rotatable bonds is 0.